The fraction of sp³-hybridized carbons (Fsp3) is 0.417. The molecule has 1 amide bonds. The van der Waals surface area contributed by atoms with Crippen LogP contribution in [0, 0.1) is 0 Å². The van der Waals surface area contributed by atoms with Crippen LogP contribution in [0.15, 0.2) is 24.3 Å². The Kier molecular flexibility index (Phi) is 4.68. The molecule has 1 heterocycles. The summed E-state index contributed by atoms with van der Waals surface area (Å²) in [7, 11) is 0. The first-order valence-electron chi connectivity index (χ1n) is 6.22. The highest BCUT2D eigenvalue weighted by atomic mass is 16.7. The van der Waals surface area contributed by atoms with Crippen molar-refractivity contribution in [1.82, 2.24) is 20.5 Å². The van der Waals surface area contributed by atoms with Gasteiger partial charge in [-0.3, -0.25) is 4.79 Å². The fourth-order valence-electron chi connectivity index (χ4n) is 1.61. The van der Waals surface area contributed by atoms with Gasteiger partial charge in [0.2, 0.25) is 0 Å². The molecule has 3 N–H and O–H groups in total. The van der Waals surface area contributed by atoms with Crippen molar-refractivity contribution in [3.8, 4) is 0 Å². The first-order valence-corrected chi connectivity index (χ1v) is 6.22. The van der Waals surface area contributed by atoms with Crippen molar-refractivity contribution in [3.63, 3.8) is 0 Å². The topological polar surface area (TPSA) is 95.1 Å². The van der Waals surface area contributed by atoms with Crippen LogP contribution in [-0.4, -0.2) is 40.8 Å². The van der Waals surface area contributed by atoms with Crippen LogP contribution in [-0.2, 0) is 4.79 Å². The van der Waals surface area contributed by atoms with Crippen molar-refractivity contribution in [2.75, 3.05) is 19.7 Å². The van der Waals surface area contributed by atoms with E-state index in [1.54, 1.807) is 0 Å². The van der Waals surface area contributed by atoms with Gasteiger partial charge in [-0.15, -0.1) is 5.10 Å². The van der Waals surface area contributed by atoms with E-state index in [-0.39, 0.29) is 12.5 Å². The Hall–Kier alpha value is -2.15. The average molecular weight is 263 g/mol. The van der Waals surface area contributed by atoms with Crippen LogP contribution >= 0.6 is 0 Å². The van der Waals surface area contributed by atoms with E-state index in [4.69, 9.17) is 10.6 Å². The van der Waals surface area contributed by atoms with Crippen molar-refractivity contribution < 1.29 is 9.63 Å². The normalized spacial score (nSPS) is 10.6. The minimum atomic E-state index is -0.184. The lowest BCUT2D eigenvalue weighted by Gasteiger charge is -2.06. The summed E-state index contributed by atoms with van der Waals surface area (Å²) in [6, 6.07) is 7.38. The van der Waals surface area contributed by atoms with Gasteiger partial charge in [0.25, 0.3) is 5.91 Å². The molecule has 7 heteroatoms. The zero-order chi connectivity index (χ0) is 13.5. The maximum absolute atomic E-state index is 11.5. The first-order chi connectivity index (χ1) is 9.31. The first kappa shape index (κ1) is 13.3. The van der Waals surface area contributed by atoms with Gasteiger partial charge >= 0.3 is 0 Å². The van der Waals surface area contributed by atoms with Crippen molar-refractivity contribution in [2.24, 2.45) is 5.73 Å². The molecule has 0 unspecified atom stereocenters. The van der Waals surface area contributed by atoms with Gasteiger partial charge in [-0.1, -0.05) is 17.0 Å². The van der Waals surface area contributed by atoms with E-state index >= 15 is 0 Å². The molecule has 0 spiro atoms. The number of nitrogens with two attached hydrogens (primary N) is 1. The number of para-hydroxylation sites is 1. The van der Waals surface area contributed by atoms with Crippen LogP contribution in [0.5, 0.6) is 0 Å². The van der Waals surface area contributed by atoms with E-state index in [1.807, 2.05) is 24.3 Å². The number of hydrogen-bond acceptors (Lipinski definition) is 5. The highest BCUT2D eigenvalue weighted by Crippen LogP contribution is 2.07. The van der Waals surface area contributed by atoms with Crippen LogP contribution in [0.1, 0.15) is 12.8 Å². The lowest BCUT2D eigenvalue weighted by molar-refractivity contribution is -0.126. The van der Waals surface area contributed by atoms with E-state index in [0.717, 1.165) is 23.9 Å². The molecule has 0 bridgehead atoms. The van der Waals surface area contributed by atoms with Crippen molar-refractivity contribution in [2.45, 2.75) is 12.8 Å². The van der Waals surface area contributed by atoms with Crippen molar-refractivity contribution in [3.05, 3.63) is 24.3 Å². The molecule has 1 aromatic heterocycles. The number of fused-ring (bicyclic) bond motifs is 1. The lowest BCUT2D eigenvalue weighted by Crippen LogP contribution is -2.32. The highest BCUT2D eigenvalue weighted by molar-refractivity contribution is 5.77. The number of aromatic nitrogens is 3. The Bertz CT molecular complexity index is 540. The Balaban J connectivity index is 1.80. The zero-order valence-electron chi connectivity index (χ0n) is 10.6. The summed E-state index contributed by atoms with van der Waals surface area (Å²) in [4.78, 5) is 18.1. The molecule has 0 aliphatic carbocycles. The molecule has 0 saturated carbocycles. The van der Waals surface area contributed by atoms with E-state index in [1.165, 1.54) is 4.85 Å². The summed E-state index contributed by atoms with van der Waals surface area (Å²) in [5.74, 6) is -0.184. The van der Waals surface area contributed by atoms with Crippen molar-refractivity contribution >= 4 is 16.9 Å². The smallest absolute Gasteiger partial charge is 0.260 e. The standard InChI is InChI=1S/C12H17N5O2/c13-7-3-4-8-14-12(18)9-19-17-11-6-2-1-5-10(11)15-16-17/h1-2,5-6H,3-4,7-9,13H2,(H,14,18). The molecule has 1 aromatic carbocycles. The highest BCUT2D eigenvalue weighted by Gasteiger charge is 2.06. The van der Waals surface area contributed by atoms with Crippen LogP contribution in [0.4, 0.5) is 0 Å². The molecule has 2 rings (SSSR count). The van der Waals surface area contributed by atoms with Crippen LogP contribution in [0.25, 0.3) is 11.0 Å². The molecule has 102 valence electrons. The predicted molar refractivity (Wildman–Crippen MR) is 70.3 cm³/mol. The summed E-state index contributed by atoms with van der Waals surface area (Å²) in [5.41, 5.74) is 6.83. The Morgan fingerprint density at radius 2 is 2.21 bits per heavy atom. The number of amides is 1. The monoisotopic (exact) mass is 263 g/mol. The number of rotatable bonds is 7. The Labute approximate surface area is 110 Å². The van der Waals surface area contributed by atoms with Gasteiger partial charge in [-0.05, 0) is 36.7 Å². The Morgan fingerprint density at radius 3 is 3.05 bits per heavy atom. The largest absolute Gasteiger partial charge is 0.385 e. The molecule has 0 radical (unpaired) electrons. The third-order valence-electron chi connectivity index (χ3n) is 2.59. The summed E-state index contributed by atoms with van der Waals surface area (Å²) in [6.45, 7) is 1.16. The van der Waals surface area contributed by atoms with Gasteiger partial charge in [-0.2, -0.15) is 0 Å². The van der Waals surface area contributed by atoms with Crippen LogP contribution in [0.2, 0.25) is 0 Å². The minimum absolute atomic E-state index is 0.0873. The van der Waals surface area contributed by atoms with Gasteiger partial charge in [0.15, 0.2) is 6.61 Å². The maximum Gasteiger partial charge on any atom is 0.260 e. The molecule has 7 nitrogen and oxygen atoms in total. The fourth-order valence-corrected chi connectivity index (χ4v) is 1.61. The van der Waals surface area contributed by atoms with E-state index in [2.05, 4.69) is 15.6 Å². The molecular formula is C12H17N5O2. The van der Waals surface area contributed by atoms with Gasteiger partial charge in [0.1, 0.15) is 11.0 Å². The number of nitrogens with one attached hydrogen (secondary N) is 1. The molecule has 19 heavy (non-hydrogen) atoms. The van der Waals surface area contributed by atoms with Crippen LogP contribution < -0.4 is 15.9 Å². The second-order valence-electron chi connectivity index (χ2n) is 4.07. The third-order valence-corrected chi connectivity index (χ3v) is 2.59. The Morgan fingerprint density at radius 1 is 1.37 bits per heavy atom. The van der Waals surface area contributed by atoms with Gasteiger partial charge < -0.3 is 15.9 Å². The second-order valence-corrected chi connectivity index (χ2v) is 4.07. The number of carbonyl (C=O) groups excluding carboxylic acids is 1. The molecule has 0 atom stereocenters. The SMILES string of the molecule is NCCCCNC(=O)COn1nnc2ccccc21. The predicted octanol–water partition coefficient (Wildman–Crippen LogP) is -0.285. The molecular weight excluding hydrogens is 246 g/mol. The summed E-state index contributed by atoms with van der Waals surface area (Å²) < 4.78 is 0. The number of benzene rings is 1. The molecule has 0 aliphatic rings. The number of hydrogen-bond donors (Lipinski definition) is 2. The van der Waals surface area contributed by atoms with E-state index < -0.39 is 0 Å². The summed E-state index contributed by atoms with van der Waals surface area (Å²) >= 11 is 0. The maximum atomic E-state index is 11.5. The lowest BCUT2D eigenvalue weighted by atomic mass is 10.3. The minimum Gasteiger partial charge on any atom is -0.385 e. The number of unbranched alkanes of at least 4 members (excludes halogenated alkanes) is 1. The molecule has 0 saturated heterocycles. The molecule has 0 aliphatic heterocycles. The summed E-state index contributed by atoms with van der Waals surface area (Å²) in [5, 5.41) is 10.5. The number of nitrogens with zero attached hydrogens (tertiary/aromatic N) is 3. The third kappa shape index (κ3) is 3.65. The van der Waals surface area contributed by atoms with Gasteiger partial charge in [0, 0.05) is 6.54 Å². The van der Waals surface area contributed by atoms with Crippen molar-refractivity contribution in [1.29, 1.82) is 0 Å². The average Bonchev–Trinajstić information content (AvgIpc) is 2.85. The number of carbonyl (C=O) groups is 1. The van der Waals surface area contributed by atoms with E-state index in [0.29, 0.717) is 13.1 Å². The van der Waals surface area contributed by atoms with Gasteiger partial charge in [-0.25, -0.2) is 0 Å². The molecule has 2 aromatic rings. The van der Waals surface area contributed by atoms with Crippen LogP contribution in [0.3, 0.4) is 0 Å². The van der Waals surface area contributed by atoms with E-state index in [9.17, 15) is 4.79 Å². The van der Waals surface area contributed by atoms with Gasteiger partial charge in [0.05, 0.1) is 0 Å². The quantitative estimate of drug-likeness (QED) is 0.670. The molecule has 0 fully saturated rings. The summed E-state index contributed by atoms with van der Waals surface area (Å²) in [6.07, 6.45) is 1.77. The zero-order valence-corrected chi connectivity index (χ0v) is 10.6. The second kappa shape index (κ2) is 6.69.